The van der Waals surface area contributed by atoms with Crippen molar-refractivity contribution in [1.29, 1.82) is 0 Å². The van der Waals surface area contributed by atoms with E-state index in [0.29, 0.717) is 19.8 Å². The molecular formula is C15H22BNO4. The minimum Gasteiger partial charge on any atom is -0.399 e. The van der Waals surface area contributed by atoms with Crippen molar-refractivity contribution in [1.82, 2.24) is 4.98 Å². The molecule has 0 bridgehead atoms. The molecule has 0 amide bonds. The number of hydrogen-bond donors (Lipinski definition) is 0. The first-order valence-corrected chi connectivity index (χ1v) is 7.39. The standard InChI is InChI=1S/C15H22BNO4/c1-14(2)15(3,4)21-16(20-14)12-5-6-17-9-11(12)13-10-18-7-8-19-13/h5-6,9,13H,7-8,10H2,1-4H3. The number of aromatic nitrogens is 1. The second-order valence-corrected chi connectivity index (χ2v) is 6.53. The van der Waals surface area contributed by atoms with Crippen molar-refractivity contribution in [2.24, 2.45) is 0 Å². The molecule has 0 aromatic carbocycles. The highest BCUT2D eigenvalue weighted by Crippen LogP contribution is 2.37. The van der Waals surface area contributed by atoms with Crippen LogP contribution in [0.1, 0.15) is 39.4 Å². The second-order valence-electron chi connectivity index (χ2n) is 6.53. The summed E-state index contributed by atoms with van der Waals surface area (Å²) in [6.07, 6.45) is 3.47. The SMILES string of the molecule is CC1(C)OB(c2ccncc2C2COCCO2)OC1(C)C. The Hall–Kier alpha value is -0.945. The Morgan fingerprint density at radius 1 is 1.14 bits per heavy atom. The maximum Gasteiger partial charge on any atom is 0.495 e. The fraction of sp³-hybridized carbons (Fsp3) is 0.667. The fourth-order valence-corrected chi connectivity index (χ4v) is 2.54. The molecule has 3 rings (SSSR count). The van der Waals surface area contributed by atoms with Crippen molar-refractivity contribution in [3.8, 4) is 0 Å². The van der Waals surface area contributed by atoms with E-state index >= 15 is 0 Å². The molecule has 6 heteroatoms. The number of nitrogens with zero attached hydrogens (tertiary/aromatic N) is 1. The molecule has 0 saturated carbocycles. The summed E-state index contributed by atoms with van der Waals surface area (Å²) in [4.78, 5) is 4.22. The first-order valence-electron chi connectivity index (χ1n) is 7.39. The van der Waals surface area contributed by atoms with Gasteiger partial charge in [0.25, 0.3) is 0 Å². The lowest BCUT2D eigenvalue weighted by molar-refractivity contribution is -0.0899. The van der Waals surface area contributed by atoms with Crippen LogP contribution in [0.3, 0.4) is 0 Å². The van der Waals surface area contributed by atoms with Crippen LogP contribution in [0, 0.1) is 0 Å². The molecule has 2 aliphatic heterocycles. The first-order chi connectivity index (χ1) is 9.91. The van der Waals surface area contributed by atoms with Crippen LogP contribution >= 0.6 is 0 Å². The van der Waals surface area contributed by atoms with E-state index in [1.54, 1.807) is 6.20 Å². The molecule has 2 fully saturated rings. The number of pyridine rings is 1. The van der Waals surface area contributed by atoms with Gasteiger partial charge in [-0.2, -0.15) is 0 Å². The molecule has 0 N–H and O–H groups in total. The van der Waals surface area contributed by atoms with Gasteiger partial charge in [0.2, 0.25) is 0 Å². The van der Waals surface area contributed by atoms with E-state index in [-0.39, 0.29) is 17.3 Å². The number of ether oxygens (including phenoxy) is 2. The van der Waals surface area contributed by atoms with Crippen LogP contribution in [-0.2, 0) is 18.8 Å². The van der Waals surface area contributed by atoms with Crippen molar-refractivity contribution in [2.75, 3.05) is 19.8 Å². The van der Waals surface area contributed by atoms with Crippen molar-refractivity contribution in [3.63, 3.8) is 0 Å². The molecular weight excluding hydrogens is 269 g/mol. The average molecular weight is 291 g/mol. The molecule has 5 nitrogen and oxygen atoms in total. The molecule has 2 aliphatic rings. The van der Waals surface area contributed by atoms with E-state index in [1.165, 1.54) is 0 Å². The Morgan fingerprint density at radius 3 is 2.48 bits per heavy atom. The Morgan fingerprint density at radius 2 is 1.86 bits per heavy atom. The van der Waals surface area contributed by atoms with E-state index in [9.17, 15) is 0 Å². The van der Waals surface area contributed by atoms with Gasteiger partial charge in [-0.25, -0.2) is 0 Å². The minimum atomic E-state index is -0.404. The lowest BCUT2D eigenvalue weighted by Gasteiger charge is -2.32. The van der Waals surface area contributed by atoms with Gasteiger partial charge >= 0.3 is 7.12 Å². The van der Waals surface area contributed by atoms with Crippen LogP contribution in [0.25, 0.3) is 0 Å². The van der Waals surface area contributed by atoms with Gasteiger partial charge < -0.3 is 18.8 Å². The third kappa shape index (κ3) is 2.73. The third-order valence-electron chi connectivity index (χ3n) is 4.56. The van der Waals surface area contributed by atoms with Crippen LogP contribution < -0.4 is 5.46 Å². The van der Waals surface area contributed by atoms with E-state index in [0.717, 1.165) is 11.0 Å². The summed E-state index contributed by atoms with van der Waals surface area (Å²) in [5.74, 6) is 0. The summed E-state index contributed by atoms with van der Waals surface area (Å²) in [6, 6.07) is 1.94. The van der Waals surface area contributed by atoms with Gasteiger partial charge in [-0.1, -0.05) is 0 Å². The van der Waals surface area contributed by atoms with E-state index in [2.05, 4.69) is 4.98 Å². The smallest absolute Gasteiger partial charge is 0.399 e. The zero-order valence-corrected chi connectivity index (χ0v) is 13.1. The minimum absolute atomic E-state index is 0.110. The maximum atomic E-state index is 6.14. The molecule has 21 heavy (non-hydrogen) atoms. The summed E-state index contributed by atoms with van der Waals surface area (Å²) in [6.45, 7) is 9.98. The predicted octanol–water partition coefficient (Wildman–Crippen LogP) is 1.47. The zero-order chi connectivity index (χ0) is 15.1. The maximum absolute atomic E-state index is 6.14. The quantitative estimate of drug-likeness (QED) is 0.772. The molecule has 0 aliphatic carbocycles. The molecule has 3 heterocycles. The van der Waals surface area contributed by atoms with Gasteiger partial charge in [-0.05, 0) is 39.2 Å². The molecule has 1 aromatic rings. The molecule has 1 aromatic heterocycles. The van der Waals surface area contributed by atoms with Gasteiger partial charge in [0.15, 0.2) is 0 Å². The normalized spacial score (nSPS) is 27.8. The summed E-state index contributed by atoms with van der Waals surface area (Å²) in [5.41, 5.74) is 1.24. The summed E-state index contributed by atoms with van der Waals surface area (Å²) < 4.78 is 23.6. The second kappa shape index (κ2) is 5.36. The summed E-state index contributed by atoms with van der Waals surface area (Å²) >= 11 is 0. The lowest BCUT2D eigenvalue weighted by Crippen LogP contribution is -2.41. The van der Waals surface area contributed by atoms with Crippen LogP contribution in [0.5, 0.6) is 0 Å². The fourth-order valence-electron chi connectivity index (χ4n) is 2.54. The highest BCUT2D eigenvalue weighted by atomic mass is 16.7. The molecule has 1 unspecified atom stereocenters. The highest BCUT2D eigenvalue weighted by Gasteiger charge is 2.52. The lowest BCUT2D eigenvalue weighted by atomic mass is 9.75. The molecule has 2 saturated heterocycles. The number of rotatable bonds is 2. The van der Waals surface area contributed by atoms with Crippen molar-refractivity contribution < 1.29 is 18.8 Å². The molecule has 1 atom stereocenters. The van der Waals surface area contributed by atoms with Crippen molar-refractivity contribution in [2.45, 2.75) is 45.0 Å². The number of hydrogen-bond acceptors (Lipinski definition) is 5. The van der Waals surface area contributed by atoms with E-state index < -0.39 is 7.12 Å². The van der Waals surface area contributed by atoms with Gasteiger partial charge in [0, 0.05) is 18.0 Å². The average Bonchev–Trinajstić information content (AvgIpc) is 2.68. The van der Waals surface area contributed by atoms with Crippen molar-refractivity contribution in [3.05, 3.63) is 24.0 Å². The highest BCUT2D eigenvalue weighted by molar-refractivity contribution is 6.62. The Kier molecular flexibility index (Phi) is 3.82. The largest absolute Gasteiger partial charge is 0.495 e. The molecule has 0 spiro atoms. The van der Waals surface area contributed by atoms with E-state index in [1.807, 2.05) is 40.0 Å². The van der Waals surface area contributed by atoms with Crippen molar-refractivity contribution >= 4 is 12.6 Å². The van der Waals surface area contributed by atoms with Gasteiger partial charge in [0.1, 0.15) is 6.10 Å². The van der Waals surface area contributed by atoms with Crippen LogP contribution in [0.2, 0.25) is 0 Å². The van der Waals surface area contributed by atoms with Gasteiger partial charge in [-0.3, -0.25) is 4.98 Å². The Bertz CT molecular complexity index is 498. The van der Waals surface area contributed by atoms with Crippen LogP contribution in [0.15, 0.2) is 18.5 Å². The first kappa shape index (κ1) is 15.0. The Labute approximate surface area is 126 Å². The summed E-state index contributed by atoms with van der Waals surface area (Å²) in [5, 5.41) is 0. The molecule has 114 valence electrons. The van der Waals surface area contributed by atoms with Crippen LogP contribution in [-0.4, -0.2) is 43.1 Å². The topological polar surface area (TPSA) is 49.8 Å². The van der Waals surface area contributed by atoms with Gasteiger partial charge in [0.05, 0.1) is 31.0 Å². The predicted molar refractivity (Wildman–Crippen MR) is 79.5 cm³/mol. The van der Waals surface area contributed by atoms with Crippen LogP contribution in [0.4, 0.5) is 0 Å². The Balaban J connectivity index is 1.89. The molecule has 0 radical (unpaired) electrons. The zero-order valence-electron chi connectivity index (χ0n) is 13.1. The summed E-state index contributed by atoms with van der Waals surface area (Å²) in [7, 11) is -0.404. The van der Waals surface area contributed by atoms with Gasteiger partial charge in [-0.15, -0.1) is 0 Å². The van der Waals surface area contributed by atoms with E-state index in [4.69, 9.17) is 18.8 Å². The monoisotopic (exact) mass is 291 g/mol. The third-order valence-corrected chi connectivity index (χ3v) is 4.56.